The van der Waals surface area contributed by atoms with Gasteiger partial charge in [0.1, 0.15) is 5.69 Å². The Hall–Kier alpha value is -2.01. The van der Waals surface area contributed by atoms with E-state index in [1.54, 1.807) is 0 Å². The van der Waals surface area contributed by atoms with Gasteiger partial charge in [-0.2, -0.15) is 0 Å². The van der Waals surface area contributed by atoms with Crippen molar-refractivity contribution >= 4 is 17.6 Å². The van der Waals surface area contributed by atoms with E-state index in [0.29, 0.717) is 18.2 Å². The lowest BCUT2D eigenvalue weighted by Crippen LogP contribution is -2.41. The Labute approximate surface area is 187 Å². The molecule has 0 bridgehead atoms. The van der Waals surface area contributed by atoms with E-state index in [4.69, 9.17) is 4.74 Å². The molecule has 1 aromatic heterocycles. The largest absolute Gasteiger partial charge is 0.499 e. The maximum absolute atomic E-state index is 13.2. The van der Waals surface area contributed by atoms with Crippen LogP contribution in [0.1, 0.15) is 90.6 Å². The molecule has 2 rings (SSSR count). The molecule has 1 amide bonds. The van der Waals surface area contributed by atoms with Gasteiger partial charge in [0, 0.05) is 18.4 Å². The van der Waals surface area contributed by atoms with Crippen molar-refractivity contribution in [1.82, 2.24) is 9.88 Å². The number of H-pyrrole nitrogens is 1. The molecule has 0 aliphatic carbocycles. The Balaban J connectivity index is 2.18. The Morgan fingerprint density at radius 3 is 2.42 bits per heavy atom. The van der Waals surface area contributed by atoms with Crippen molar-refractivity contribution in [1.29, 1.82) is 0 Å². The highest BCUT2D eigenvalue weighted by Gasteiger charge is 2.31. The first-order valence-electron chi connectivity index (χ1n) is 12.0. The van der Waals surface area contributed by atoms with Crippen LogP contribution in [0, 0.1) is 5.92 Å². The number of amides is 1. The molecule has 0 radical (unpaired) electrons. The molecule has 0 saturated carbocycles. The standard InChI is InChI=1S/C26H42N2O3/c1-7-19(5)22-17-24(27-23(22)12-11-20(6)31-10-4)25(29)28-15-13-21(14-16-28)18-26(30,8-2)9-3/h11-12,17,21,27,30H,7-10,13-16,18H2,1-6H3/b20-11+,22-19-,23-12+. The first kappa shape index (κ1) is 25.3. The minimum atomic E-state index is -0.559. The van der Waals surface area contributed by atoms with Crippen LogP contribution >= 0.6 is 0 Å². The fourth-order valence-corrected chi connectivity index (χ4v) is 4.32. The maximum atomic E-state index is 13.2. The summed E-state index contributed by atoms with van der Waals surface area (Å²) < 4.78 is 5.52. The zero-order chi connectivity index (χ0) is 23.0. The van der Waals surface area contributed by atoms with Crippen molar-refractivity contribution in [3.05, 3.63) is 34.2 Å². The third-order valence-electron chi connectivity index (χ3n) is 6.81. The number of carbonyl (C=O) groups is 1. The fourth-order valence-electron chi connectivity index (χ4n) is 4.32. The maximum Gasteiger partial charge on any atom is 0.270 e. The van der Waals surface area contributed by atoms with Crippen LogP contribution in [0.2, 0.25) is 0 Å². The number of nitrogens with one attached hydrogen (secondary N) is 1. The van der Waals surface area contributed by atoms with E-state index in [1.807, 2.05) is 37.0 Å². The van der Waals surface area contributed by atoms with Gasteiger partial charge in [-0.3, -0.25) is 4.79 Å². The number of carbonyl (C=O) groups excluding carboxylic acids is 1. The van der Waals surface area contributed by atoms with Gasteiger partial charge in [-0.15, -0.1) is 0 Å². The summed E-state index contributed by atoms with van der Waals surface area (Å²) in [6.07, 6.45) is 9.21. The average Bonchev–Trinajstić information content (AvgIpc) is 3.21. The van der Waals surface area contributed by atoms with Crippen molar-refractivity contribution in [3.63, 3.8) is 0 Å². The molecule has 0 spiro atoms. The normalized spacial score (nSPS) is 17.8. The second-order valence-corrected chi connectivity index (χ2v) is 8.89. The van der Waals surface area contributed by atoms with Crippen molar-refractivity contribution < 1.29 is 14.6 Å². The van der Waals surface area contributed by atoms with E-state index >= 15 is 0 Å². The molecule has 174 valence electrons. The topological polar surface area (TPSA) is 65.6 Å². The van der Waals surface area contributed by atoms with E-state index in [2.05, 4.69) is 32.7 Å². The second-order valence-electron chi connectivity index (χ2n) is 8.89. The van der Waals surface area contributed by atoms with Crippen LogP contribution < -0.4 is 10.6 Å². The number of hydrogen-bond donors (Lipinski definition) is 2. The molecular weight excluding hydrogens is 388 g/mol. The highest BCUT2D eigenvalue weighted by molar-refractivity contribution is 5.92. The van der Waals surface area contributed by atoms with Gasteiger partial charge in [0.25, 0.3) is 5.91 Å². The predicted octanol–water partition coefficient (Wildman–Crippen LogP) is 4.11. The van der Waals surface area contributed by atoms with Crippen LogP contribution in [0.5, 0.6) is 0 Å². The predicted molar refractivity (Wildman–Crippen MR) is 128 cm³/mol. The molecule has 5 heteroatoms. The average molecular weight is 431 g/mol. The molecule has 1 aliphatic rings. The summed E-state index contributed by atoms with van der Waals surface area (Å²) >= 11 is 0. The Morgan fingerprint density at radius 2 is 1.87 bits per heavy atom. The number of piperidine rings is 1. The molecule has 31 heavy (non-hydrogen) atoms. The van der Waals surface area contributed by atoms with E-state index < -0.39 is 5.60 Å². The number of likely N-dealkylation sites (tertiary alicyclic amines) is 1. The zero-order valence-electron chi connectivity index (χ0n) is 20.4. The molecule has 0 atom stereocenters. The summed E-state index contributed by atoms with van der Waals surface area (Å²) in [4.78, 5) is 18.5. The SMILES string of the molecule is CCO/C(C)=C/C=c1/[nH]c(C(=O)N2CCC(CC(O)(CC)CC)CC2)c/c1=C(\C)CC. The quantitative estimate of drug-likeness (QED) is 0.580. The van der Waals surface area contributed by atoms with Crippen molar-refractivity contribution in [2.45, 2.75) is 85.7 Å². The molecule has 1 saturated heterocycles. The van der Waals surface area contributed by atoms with Crippen LogP contribution in [0.3, 0.4) is 0 Å². The number of allylic oxidation sites excluding steroid dienone is 2. The summed E-state index contributed by atoms with van der Waals surface area (Å²) in [6.45, 7) is 14.4. The first-order valence-corrected chi connectivity index (χ1v) is 12.0. The lowest BCUT2D eigenvalue weighted by Gasteiger charge is -2.36. The van der Waals surface area contributed by atoms with Gasteiger partial charge in [-0.1, -0.05) is 26.3 Å². The molecule has 0 unspecified atom stereocenters. The molecule has 1 aromatic rings. The number of ether oxygens (including phenoxy) is 1. The molecule has 1 fully saturated rings. The summed E-state index contributed by atoms with van der Waals surface area (Å²) in [5.41, 5.74) is 1.34. The van der Waals surface area contributed by atoms with Gasteiger partial charge >= 0.3 is 0 Å². The van der Waals surface area contributed by atoms with Gasteiger partial charge in [0.05, 0.1) is 18.0 Å². The van der Waals surface area contributed by atoms with Gasteiger partial charge in [-0.25, -0.2) is 0 Å². The Bertz CT molecular complexity index is 869. The van der Waals surface area contributed by atoms with Gasteiger partial charge in [0.2, 0.25) is 0 Å². The number of nitrogens with zero attached hydrogens (tertiary/aromatic N) is 1. The van der Waals surface area contributed by atoms with E-state index in [0.717, 1.165) is 67.9 Å². The third kappa shape index (κ3) is 6.73. The fraction of sp³-hybridized carbons (Fsp3) is 0.654. The molecule has 2 N–H and O–H groups in total. The van der Waals surface area contributed by atoms with Crippen LogP contribution in [0.15, 0.2) is 17.9 Å². The molecule has 0 aromatic carbocycles. The number of aromatic amines is 1. The third-order valence-corrected chi connectivity index (χ3v) is 6.81. The first-order chi connectivity index (χ1) is 14.8. The highest BCUT2D eigenvalue weighted by atomic mass is 16.5. The molecule has 1 aliphatic heterocycles. The highest BCUT2D eigenvalue weighted by Crippen LogP contribution is 2.30. The Morgan fingerprint density at radius 1 is 1.23 bits per heavy atom. The molecule has 5 nitrogen and oxygen atoms in total. The van der Waals surface area contributed by atoms with Gasteiger partial charge in [0.15, 0.2) is 0 Å². The lowest BCUT2D eigenvalue weighted by atomic mass is 9.82. The zero-order valence-corrected chi connectivity index (χ0v) is 20.4. The summed E-state index contributed by atoms with van der Waals surface area (Å²) in [5, 5.41) is 12.7. The molecule has 2 heterocycles. The minimum Gasteiger partial charge on any atom is -0.499 e. The minimum absolute atomic E-state index is 0.0648. The van der Waals surface area contributed by atoms with Crippen LogP contribution in [0.25, 0.3) is 11.6 Å². The van der Waals surface area contributed by atoms with Crippen molar-refractivity contribution in [3.8, 4) is 0 Å². The Kier molecular flexibility index (Phi) is 9.42. The number of aliphatic hydroxyl groups is 1. The summed E-state index contributed by atoms with van der Waals surface area (Å²) in [7, 11) is 0. The summed E-state index contributed by atoms with van der Waals surface area (Å²) in [6, 6.07) is 2.00. The monoisotopic (exact) mass is 430 g/mol. The molecular formula is C26H42N2O3. The van der Waals surface area contributed by atoms with Crippen molar-refractivity contribution in [2.24, 2.45) is 5.92 Å². The van der Waals surface area contributed by atoms with Gasteiger partial charge < -0.3 is 19.7 Å². The number of rotatable bonds is 9. The van der Waals surface area contributed by atoms with Gasteiger partial charge in [-0.05, 0) is 88.7 Å². The van der Waals surface area contributed by atoms with Crippen LogP contribution in [0.4, 0.5) is 0 Å². The van der Waals surface area contributed by atoms with E-state index in [-0.39, 0.29) is 5.91 Å². The number of aromatic nitrogens is 1. The van der Waals surface area contributed by atoms with Crippen LogP contribution in [-0.4, -0.2) is 46.2 Å². The second kappa shape index (κ2) is 11.6. The lowest BCUT2D eigenvalue weighted by molar-refractivity contribution is -0.00132. The number of hydrogen-bond acceptors (Lipinski definition) is 3. The van der Waals surface area contributed by atoms with Crippen molar-refractivity contribution in [2.75, 3.05) is 19.7 Å². The van der Waals surface area contributed by atoms with Crippen LogP contribution in [-0.2, 0) is 4.74 Å². The van der Waals surface area contributed by atoms with E-state index in [1.165, 1.54) is 5.57 Å². The summed E-state index contributed by atoms with van der Waals surface area (Å²) in [5.74, 6) is 1.40. The smallest absolute Gasteiger partial charge is 0.270 e. The van der Waals surface area contributed by atoms with E-state index in [9.17, 15) is 9.90 Å².